The topological polar surface area (TPSA) is 55.9 Å². The Morgan fingerprint density at radius 1 is 1.25 bits per heavy atom. The van der Waals surface area contributed by atoms with E-state index in [4.69, 9.17) is 0 Å². The first kappa shape index (κ1) is 16.2. The lowest BCUT2D eigenvalue weighted by Gasteiger charge is -2.35. The van der Waals surface area contributed by atoms with Crippen LogP contribution < -0.4 is 5.32 Å². The third-order valence-corrected chi connectivity index (χ3v) is 6.30. The second kappa shape index (κ2) is 7.17. The fraction of sp³-hybridized carbons (Fsp3) is 1.00. The Hall–Kier alpha value is -0.210. The van der Waals surface area contributed by atoms with Gasteiger partial charge in [0.25, 0.3) is 0 Å². The van der Waals surface area contributed by atoms with Crippen molar-refractivity contribution in [2.24, 2.45) is 0 Å². The van der Waals surface area contributed by atoms with Gasteiger partial charge in [-0.25, -0.2) is 12.7 Å². The van der Waals surface area contributed by atoms with E-state index in [0.29, 0.717) is 6.54 Å². The predicted octanol–water partition coefficient (Wildman–Crippen LogP) is -0.753. The minimum absolute atomic E-state index is 0.141. The van der Waals surface area contributed by atoms with Gasteiger partial charge in [-0.15, -0.1) is 0 Å². The van der Waals surface area contributed by atoms with Gasteiger partial charge in [0.15, 0.2) is 0 Å². The van der Waals surface area contributed by atoms with E-state index in [1.807, 2.05) is 0 Å². The number of nitrogens with one attached hydrogen (secondary N) is 1. The first-order chi connectivity index (χ1) is 9.49. The van der Waals surface area contributed by atoms with Crippen LogP contribution in [0.1, 0.15) is 12.8 Å². The summed E-state index contributed by atoms with van der Waals surface area (Å²) in [6.45, 7) is 6.40. The Bertz CT molecular complexity index is 395. The first-order valence-electron chi connectivity index (χ1n) is 7.56. The molecule has 1 N–H and O–H groups in total. The normalized spacial score (nSPS) is 27.1. The van der Waals surface area contributed by atoms with E-state index in [9.17, 15) is 8.42 Å². The van der Waals surface area contributed by atoms with Crippen LogP contribution in [0, 0.1) is 0 Å². The number of hydrogen-bond acceptors (Lipinski definition) is 5. The fourth-order valence-corrected chi connectivity index (χ4v) is 4.39. The van der Waals surface area contributed by atoms with Crippen molar-refractivity contribution >= 4 is 10.0 Å². The van der Waals surface area contributed by atoms with Gasteiger partial charge in [-0.3, -0.25) is 4.90 Å². The van der Waals surface area contributed by atoms with Gasteiger partial charge >= 0.3 is 0 Å². The van der Waals surface area contributed by atoms with Crippen LogP contribution >= 0.6 is 0 Å². The molecule has 0 bridgehead atoms. The van der Waals surface area contributed by atoms with E-state index in [2.05, 4.69) is 22.2 Å². The van der Waals surface area contributed by atoms with Gasteiger partial charge in [0.2, 0.25) is 10.0 Å². The highest BCUT2D eigenvalue weighted by atomic mass is 32.2. The summed E-state index contributed by atoms with van der Waals surface area (Å²) < 4.78 is 26.5. The van der Waals surface area contributed by atoms with Crippen molar-refractivity contribution in [1.29, 1.82) is 0 Å². The van der Waals surface area contributed by atoms with Gasteiger partial charge < -0.3 is 10.2 Å². The van der Waals surface area contributed by atoms with Gasteiger partial charge in [0.05, 0.1) is 5.75 Å². The van der Waals surface area contributed by atoms with E-state index in [-0.39, 0.29) is 11.8 Å². The van der Waals surface area contributed by atoms with E-state index >= 15 is 0 Å². The van der Waals surface area contributed by atoms with Gasteiger partial charge in [-0.2, -0.15) is 0 Å². The average molecular weight is 304 g/mol. The summed E-state index contributed by atoms with van der Waals surface area (Å²) in [5.74, 6) is 0.240. The summed E-state index contributed by atoms with van der Waals surface area (Å²) in [7, 11) is 0.672. The minimum atomic E-state index is -3.14. The number of rotatable bonds is 5. The summed E-state index contributed by atoms with van der Waals surface area (Å²) >= 11 is 0. The van der Waals surface area contributed by atoms with E-state index in [1.165, 1.54) is 0 Å². The van der Waals surface area contributed by atoms with Gasteiger partial charge in [-0.05, 0) is 26.4 Å². The number of likely N-dealkylation sites (N-methyl/N-ethyl adjacent to an activating group) is 2. The molecule has 0 aromatic carbocycles. The number of sulfonamides is 1. The van der Waals surface area contributed by atoms with Crippen molar-refractivity contribution in [3.63, 3.8) is 0 Å². The maximum Gasteiger partial charge on any atom is 0.215 e. The maximum absolute atomic E-state index is 12.4. The summed E-state index contributed by atoms with van der Waals surface area (Å²) in [6, 6.07) is 0.141. The van der Waals surface area contributed by atoms with Crippen molar-refractivity contribution in [2.75, 3.05) is 65.7 Å². The molecule has 0 aliphatic carbocycles. The van der Waals surface area contributed by atoms with Crippen molar-refractivity contribution in [3.05, 3.63) is 0 Å². The smallest absolute Gasteiger partial charge is 0.215 e. The second-order valence-electron chi connectivity index (χ2n) is 5.98. The monoisotopic (exact) mass is 304 g/mol. The molecule has 0 amide bonds. The Kier molecular flexibility index (Phi) is 5.80. The van der Waals surface area contributed by atoms with Crippen molar-refractivity contribution < 1.29 is 8.42 Å². The molecular formula is C13H28N4O2S. The van der Waals surface area contributed by atoms with Crippen LogP contribution in [0.2, 0.25) is 0 Å². The molecule has 118 valence electrons. The Morgan fingerprint density at radius 3 is 2.60 bits per heavy atom. The van der Waals surface area contributed by atoms with Gasteiger partial charge in [-0.1, -0.05) is 0 Å². The molecule has 2 rings (SSSR count). The van der Waals surface area contributed by atoms with Crippen LogP contribution in [0.15, 0.2) is 0 Å². The SMILES string of the molecule is CN1CCCC(N(C)S(=O)(=O)CCN2CCNCC2)C1. The number of piperazine rings is 1. The molecular weight excluding hydrogens is 276 g/mol. The van der Waals surface area contributed by atoms with E-state index in [1.54, 1.807) is 11.4 Å². The standard InChI is InChI=1S/C13H28N4O2S/c1-15-7-3-4-13(12-15)16(2)20(18,19)11-10-17-8-5-14-6-9-17/h13-14H,3-12H2,1-2H3. The number of likely N-dealkylation sites (tertiary alicyclic amines) is 1. The van der Waals surface area contributed by atoms with Crippen LogP contribution in [0.5, 0.6) is 0 Å². The highest BCUT2D eigenvalue weighted by Crippen LogP contribution is 2.16. The Balaban J connectivity index is 1.84. The Labute approximate surface area is 123 Å². The third-order valence-electron chi connectivity index (χ3n) is 4.43. The molecule has 2 aliphatic heterocycles. The van der Waals surface area contributed by atoms with Gasteiger partial charge in [0.1, 0.15) is 0 Å². The summed E-state index contributed by atoms with van der Waals surface area (Å²) in [5.41, 5.74) is 0. The molecule has 0 aromatic rings. The zero-order valence-corrected chi connectivity index (χ0v) is 13.5. The van der Waals surface area contributed by atoms with Crippen molar-refractivity contribution in [2.45, 2.75) is 18.9 Å². The molecule has 6 nitrogen and oxygen atoms in total. The molecule has 2 saturated heterocycles. The van der Waals surface area contributed by atoms with Crippen LogP contribution in [0.3, 0.4) is 0 Å². The third kappa shape index (κ3) is 4.39. The molecule has 0 saturated carbocycles. The first-order valence-corrected chi connectivity index (χ1v) is 9.17. The van der Waals surface area contributed by atoms with Crippen molar-refractivity contribution in [1.82, 2.24) is 19.4 Å². The predicted molar refractivity (Wildman–Crippen MR) is 81.4 cm³/mol. The Morgan fingerprint density at radius 2 is 1.95 bits per heavy atom. The quantitative estimate of drug-likeness (QED) is 0.724. The molecule has 2 fully saturated rings. The molecule has 7 heteroatoms. The van der Waals surface area contributed by atoms with Crippen molar-refractivity contribution in [3.8, 4) is 0 Å². The highest BCUT2D eigenvalue weighted by molar-refractivity contribution is 7.89. The van der Waals surface area contributed by atoms with Crippen LogP contribution in [-0.2, 0) is 10.0 Å². The lowest BCUT2D eigenvalue weighted by molar-refractivity contribution is 0.186. The molecule has 0 radical (unpaired) electrons. The molecule has 2 aliphatic rings. The van der Waals surface area contributed by atoms with E-state index < -0.39 is 10.0 Å². The largest absolute Gasteiger partial charge is 0.314 e. The van der Waals surface area contributed by atoms with Crippen LogP contribution in [0.25, 0.3) is 0 Å². The molecule has 0 aromatic heterocycles. The van der Waals surface area contributed by atoms with E-state index in [0.717, 1.165) is 52.1 Å². The molecule has 20 heavy (non-hydrogen) atoms. The highest BCUT2D eigenvalue weighted by Gasteiger charge is 2.29. The summed E-state index contributed by atoms with van der Waals surface area (Å²) in [5, 5.41) is 3.28. The maximum atomic E-state index is 12.4. The number of nitrogens with zero attached hydrogens (tertiary/aromatic N) is 3. The minimum Gasteiger partial charge on any atom is -0.314 e. The lowest BCUT2D eigenvalue weighted by Crippen LogP contribution is -2.50. The molecule has 0 spiro atoms. The molecule has 2 heterocycles. The molecule has 1 unspecified atom stereocenters. The molecule has 1 atom stereocenters. The zero-order chi connectivity index (χ0) is 14.6. The number of hydrogen-bond donors (Lipinski definition) is 1. The van der Waals surface area contributed by atoms with Crippen LogP contribution in [0.4, 0.5) is 0 Å². The second-order valence-corrected chi connectivity index (χ2v) is 8.13. The summed E-state index contributed by atoms with van der Waals surface area (Å²) in [6.07, 6.45) is 2.06. The fourth-order valence-electron chi connectivity index (χ4n) is 2.99. The zero-order valence-electron chi connectivity index (χ0n) is 12.7. The summed E-state index contributed by atoms with van der Waals surface area (Å²) in [4.78, 5) is 4.45. The van der Waals surface area contributed by atoms with Gasteiger partial charge in [0, 0.05) is 52.4 Å². The van der Waals surface area contributed by atoms with Crippen LogP contribution in [-0.4, -0.2) is 94.2 Å². The average Bonchev–Trinajstić information content (AvgIpc) is 2.45. The number of piperidine rings is 1. The lowest BCUT2D eigenvalue weighted by atomic mass is 10.1.